The minimum absolute atomic E-state index is 0.589. The Kier molecular flexibility index (Phi) is 4.29. The van der Waals surface area contributed by atoms with Crippen LogP contribution in [0.4, 0.5) is 0 Å². The molecule has 0 amide bonds. The largest absolute Gasteiger partial charge is 0.456 e. The summed E-state index contributed by atoms with van der Waals surface area (Å²) in [5.74, 6) is 0.589. The first-order valence-corrected chi connectivity index (χ1v) is 15.2. The van der Waals surface area contributed by atoms with E-state index in [4.69, 9.17) is 13.8 Å². The van der Waals surface area contributed by atoms with Crippen LogP contribution in [-0.2, 0) is 0 Å². The maximum atomic E-state index is 6.54. The summed E-state index contributed by atoms with van der Waals surface area (Å²) in [6.45, 7) is 0. The minimum atomic E-state index is 0.589. The van der Waals surface area contributed by atoms with Gasteiger partial charge in [0.15, 0.2) is 5.58 Å². The van der Waals surface area contributed by atoms with Gasteiger partial charge in [0.1, 0.15) is 16.7 Å². The predicted molar refractivity (Wildman–Crippen MR) is 183 cm³/mol. The van der Waals surface area contributed by atoms with Crippen LogP contribution in [0.25, 0.3) is 105 Å². The van der Waals surface area contributed by atoms with Gasteiger partial charge in [0.2, 0.25) is 5.89 Å². The highest BCUT2D eigenvalue weighted by atomic mass is 16.3. The summed E-state index contributed by atoms with van der Waals surface area (Å²) in [4.78, 5) is 4.72. The summed E-state index contributed by atoms with van der Waals surface area (Å²) in [7, 11) is 0. The molecule has 10 aromatic rings. The molecule has 0 N–H and O–H groups in total. The van der Waals surface area contributed by atoms with Gasteiger partial charge in [-0.1, -0.05) is 78.9 Å². The molecular formula is C41H22N2O2. The molecule has 0 saturated carbocycles. The molecule has 0 bridgehead atoms. The number of hydrogen-bond donors (Lipinski definition) is 0. The Morgan fingerprint density at radius 3 is 2.09 bits per heavy atom. The third-order valence-electron chi connectivity index (χ3n) is 9.56. The van der Waals surface area contributed by atoms with E-state index >= 15 is 0 Å². The van der Waals surface area contributed by atoms with Crippen molar-refractivity contribution in [3.63, 3.8) is 0 Å². The number of rotatable bonds is 2. The maximum Gasteiger partial charge on any atom is 0.227 e. The highest BCUT2D eigenvalue weighted by molar-refractivity contribution is 6.30. The van der Waals surface area contributed by atoms with E-state index in [0.29, 0.717) is 5.89 Å². The Morgan fingerprint density at radius 2 is 1.20 bits per heavy atom. The van der Waals surface area contributed by atoms with Crippen molar-refractivity contribution in [2.24, 2.45) is 0 Å². The Hall–Kier alpha value is -6.13. The molecule has 0 saturated heterocycles. The molecule has 4 nitrogen and oxygen atoms in total. The van der Waals surface area contributed by atoms with Gasteiger partial charge in [-0.25, -0.2) is 4.98 Å². The van der Waals surface area contributed by atoms with E-state index in [1.807, 2.05) is 30.3 Å². The van der Waals surface area contributed by atoms with Crippen molar-refractivity contribution in [2.75, 3.05) is 0 Å². The van der Waals surface area contributed by atoms with E-state index in [-0.39, 0.29) is 0 Å². The van der Waals surface area contributed by atoms with Gasteiger partial charge in [-0.05, 0) is 87.6 Å². The van der Waals surface area contributed by atoms with Gasteiger partial charge in [-0.3, -0.25) is 0 Å². The average Bonchev–Trinajstić information content (AvgIpc) is 3.77. The summed E-state index contributed by atoms with van der Waals surface area (Å²) >= 11 is 0. The predicted octanol–water partition coefficient (Wildman–Crippen LogP) is 11.3. The molecule has 0 fully saturated rings. The van der Waals surface area contributed by atoms with Gasteiger partial charge in [0.25, 0.3) is 0 Å². The van der Waals surface area contributed by atoms with Crippen LogP contribution in [0.1, 0.15) is 0 Å². The monoisotopic (exact) mass is 574 g/mol. The third-order valence-corrected chi connectivity index (χ3v) is 9.56. The Balaban J connectivity index is 1.24. The molecule has 208 valence electrons. The molecule has 0 atom stereocenters. The topological polar surface area (TPSA) is 44.1 Å². The standard InChI is InChI=1S/C41H22N2O2/c1-2-10-26-25(9-1)27-11-5-8-23-19-21-33-40(37(23)27)39-28(26)12-6-14-32(39)43(33)31-15-7-17-35-38(31)29-20-18-24(22-36(29)44-35)41-42-30-13-3-4-16-34(30)45-41/h1-22H. The molecule has 0 aliphatic heterocycles. The number of furan rings is 1. The molecule has 4 heteroatoms. The molecule has 3 aromatic heterocycles. The second kappa shape index (κ2) is 8.28. The number of benzene rings is 7. The number of hydrogen-bond acceptors (Lipinski definition) is 3. The number of nitrogens with zero attached hydrogens (tertiary/aromatic N) is 2. The number of aromatic nitrogens is 2. The second-order valence-electron chi connectivity index (χ2n) is 11.9. The van der Waals surface area contributed by atoms with E-state index in [1.165, 1.54) is 54.8 Å². The zero-order valence-electron chi connectivity index (χ0n) is 23.9. The van der Waals surface area contributed by atoms with Gasteiger partial charge < -0.3 is 13.4 Å². The van der Waals surface area contributed by atoms with Crippen LogP contribution in [0.15, 0.2) is 142 Å². The Labute approximate surface area is 256 Å². The van der Waals surface area contributed by atoms with Crippen LogP contribution < -0.4 is 0 Å². The van der Waals surface area contributed by atoms with Crippen LogP contribution in [0.3, 0.4) is 0 Å². The van der Waals surface area contributed by atoms with Gasteiger partial charge in [0.05, 0.1) is 22.1 Å². The lowest BCUT2D eigenvalue weighted by atomic mass is 9.93. The van der Waals surface area contributed by atoms with Crippen LogP contribution >= 0.6 is 0 Å². The zero-order chi connectivity index (χ0) is 29.2. The van der Waals surface area contributed by atoms with Crippen LogP contribution in [0.2, 0.25) is 0 Å². The molecule has 7 aromatic carbocycles. The van der Waals surface area contributed by atoms with Crippen molar-refractivity contribution in [3.05, 3.63) is 133 Å². The lowest BCUT2D eigenvalue weighted by Crippen LogP contribution is -1.95. The fourth-order valence-corrected chi connectivity index (χ4v) is 7.71. The second-order valence-corrected chi connectivity index (χ2v) is 11.9. The fraction of sp³-hybridized carbons (Fsp3) is 0. The number of oxazole rings is 1. The van der Waals surface area contributed by atoms with Crippen LogP contribution in [0, 0.1) is 0 Å². The fourth-order valence-electron chi connectivity index (χ4n) is 7.71. The van der Waals surface area contributed by atoms with Crippen molar-refractivity contribution in [1.29, 1.82) is 0 Å². The molecule has 1 aliphatic rings. The van der Waals surface area contributed by atoms with Crippen molar-refractivity contribution in [3.8, 4) is 39.4 Å². The molecule has 0 spiro atoms. The average molecular weight is 575 g/mol. The highest BCUT2D eigenvalue weighted by Crippen LogP contribution is 2.50. The highest BCUT2D eigenvalue weighted by Gasteiger charge is 2.25. The normalized spacial score (nSPS) is 12.4. The van der Waals surface area contributed by atoms with E-state index in [9.17, 15) is 0 Å². The zero-order valence-corrected chi connectivity index (χ0v) is 23.9. The molecule has 11 rings (SSSR count). The SMILES string of the molecule is c1ccc2c(c1)-c1cccc3ccc4c(c13)c1c-2cccc1n4-c1cccc2oc3cc(-c4nc5ccccc5o4)ccc3c12. The molecule has 0 unspecified atom stereocenters. The number of fused-ring (bicyclic) bond motifs is 7. The van der Waals surface area contributed by atoms with Crippen molar-refractivity contribution in [1.82, 2.24) is 9.55 Å². The lowest BCUT2D eigenvalue weighted by molar-refractivity contribution is 0.619. The summed E-state index contributed by atoms with van der Waals surface area (Å²) in [6, 6.07) is 47.3. The smallest absolute Gasteiger partial charge is 0.227 e. The molecule has 3 heterocycles. The quantitative estimate of drug-likeness (QED) is 0.206. The van der Waals surface area contributed by atoms with E-state index in [2.05, 4.69) is 108 Å². The van der Waals surface area contributed by atoms with Gasteiger partial charge in [-0.15, -0.1) is 0 Å². The Morgan fingerprint density at radius 1 is 0.467 bits per heavy atom. The van der Waals surface area contributed by atoms with Gasteiger partial charge in [0, 0.05) is 21.7 Å². The minimum Gasteiger partial charge on any atom is -0.456 e. The maximum absolute atomic E-state index is 6.54. The molecule has 0 radical (unpaired) electrons. The third kappa shape index (κ3) is 2.98. The number of para-hydroxylation sites is 2. The van der Waals surface area contributed by atoms with Gasteiger partial charge in [-0.2, -0.15) is 0 Å². The van der Waals surface area contributed by atoms with Crippen LogP contribution in [0.5, 0.6) is 0 Å². The lowest BCUT2D eigenvalue weighted by Gasteiger charge is -2.14. The van der Waals surface area contributed by atoms with Crippen molar-refractivity contribution in [2.45, 2.75) is 0 Å². The van der Waals surface area contributed by atoms with E-state index in [1.54, 1.807) is 0 Å². The first kappa shape index (κ1) is 23.3. The summed E-state index contributed by atoms with van der Waals surface area (Å²) in [5, 5.41) is 7.30. The van der Waals surface area contributed by atoms with E-state index < -0.39 is 0 Å². The molecule has 45 heavy (non-hydrogen) atoms. The molecule has 1 aliphatic carbocycles. The molecular weight excluding hydrogens is 552 g/mol. The van der Waals surface area contributed by atoms with Crippen LogP contribution in [-0.4, -0.2) is 9.55 Å². The summed E-state index contributed by atoms with van der Waals surface area (Å²) < 4.78 is 15.1. The van der Waals surface area contributed by atoms with E-state index in [0.717, 1.165) is 44.3 Å². The van der Waals surface area contributed by atoms with Gasteiger partial charge >= 0.3 is 0 Å². The van der Waals surface area contributed by atoms with Crippen molar-refractivity contribution < 1.29 is 8.83 Å². The van der Waals surface area contributed by atoms with Crippen molar-refractivity contribution >= 4 is 65.6 Å². The summed E-state index contributed by atoms with van der Waals surface area (Å²) in [5.41, 5.74) is 12.7. The summed E-state index contributed by atoms with van der Waals surface area (Å²) in [6.07, 6.45) is 0. The Bertz CT molecular complexity index is 2850. The first-order chi connectivity index (χ1) is 22.3. The first-order valence-electron chi connectivity index (χ1n) is 15.2.